The van der Waals surface area contributed by atoms with Gasteiger partial charge in [-0.25, -0.2) is 0 Å². The highest BCUT2D eigenvalue weighted by molar-refractivity contribution is 5.92. The van der Waals surface area contributed by atoms with Crippen molar-refractivity contribution in [1.82, 2.24) is 19.7 Å². The molecule has 1 amide bonds. The van der Waals surface area contributed by atoms with Gasteiger partial charge in [-0.05, 0) is 56.7 Å². The molecule has 6 nitrogen and oxygen atoms in total. The van der Waals surface area contributed by atoms with Crippen LogP contribution in [-0.2, 0) is 7.05 Å². The third kappa shape index (κ3) is 3.20. The van der Waals surface area contributed by atoms with E-state index in [-0.39, 0.29) is 5.91 Å². The summed E-state index contributed by atoms with van der Waals surface area (Å²) in [6, 6.07) is 6.17. The first-order chi connectivity index (χ1) is 12.5. The van der Waals surface area contributed by atoms with E-state index in [1.165, 1.54) is 5.69 Å². The van der Waals surface area contributed by atoms with Crippen molar-refractivity contribution >= 4 is 11.6 Å². The summed E-state index contributed by atoms with van der Waals surface area (Å²) in [7, 11) is 1.85. The number of amides is 1. The molecule has 4 heterocycles. The molecule has 4 rings (SSSR count). The highest BCUT2D eigenvalue weighted by atomic mass is 16.2. The van der Waals surface area contributed by atoms with Crippen molar-refractivity contribution in [2.75, 3.05) is 31.1 Å². The number of aromatic nitrogens is 3. The first kappa shape index (κ1) is 17.1. The Morgan fingerprint density at radius 3 is 2.35 bits per heavy atom. The third-order valence-electron chi connectivity index (χ3n) is 5.87. The van der Waals surface area contributed by atoms with Crippen LogP contribution in [0.15, 0.2) is 24.4 Å². The number of carbonyl (C=O) groups excluding carboxylic acids is 1. The van der Waals surface area contributed by atoms with Crippen LogP contribution in [0.4, 0.5) is 5.69 Å². The Bertz CT molecular complexity index is 798. The largest absolute Gasteiger partial charge is 0.371 e. The fraction of sp³-hybridized carbons (Fsp3) is 0.550. The van der Waals surface area contributed by atoms with Crippen LogP contribution in [0.25, 0.3) is 0 Å². The molecule has 2 aromatic heterocycles. The van der Waals surface area contributed by atoms with Crippen molar-refractivity contribution in [2.24, 2.45) is 18.9 Å². The zero-order chi connectivity index (χ0) is 18.3. The van der Waals surface area contributed by atoms with Crippen LogP contribution in [0.5, 0.6) is 0 Å². The van der Waals surface area contributed by atoms with Crippen LogP contribution in [0.2, 0.25) is 0 Å². The fourth-order valence-corrected chi connectivity index (χ4v) is 4.47. The lowest BCUT2D eigenvalue weighted by Gasteiger charge is -2.24. The summed E-state index contributed by atoms with van der Waals surface area (Å²) in [4.78, 5) is 21.7. The van der Waals surface area contributed by atoms with Gasteiger partial charge in [0.15, 0.2) is 0 Å². The molecule has 2 saturated heterocycles. The van der Waals surface area contributed by atoms with E-state index in [1.54, 1.807) is 4.68 Å². The van der Waals surface area contributed by atoms with Crippen LogP contribution in [0.1, 0.15) is 34.7 Å². The molecule has 0 saturated carbocycles. The summed E-state index contributed by atoms with van der Waals surface area (Å²) in [5.74, 6) is 1.32. The maximum Gasteiger partial charge on any atom is 0.272 e. The lowest BCUT2D eigenvalue weighted by atomic mass is 9.92. The van der Waals surface area contributed by atoms with Gasteiger partial charge in [0.25, 0.3) is 5.91 Å². The van der Waals surface area contributed by atoms with E-state index in [0.717, 1.165) is 50.4 Å². The summed E-state index contributed by atoms with van der Waals surface area (Å²) in [6.07, 6.45) is 4.17. The molecule has 0 spiro atoms. The monoisotopic (exact) mass is 353 g/mol. The van der Waals surface area contributed by atoms with Crippen molar-refractivity contribution in [1.29, 1.82) is 0 Å². The molecule has 0 unspecified atom stereocenters. The second-order valence-corrected chi connectivity index (χ2v) is 7.74. The molecule has 0 aliphatic carbocycles. The maximum atomic E-state index is 12.9. The SMILES string of the molecule is Cc1cc(N2CC[C@@H]3CN(C(=O)c4cc(C)nn4C)C[C@@H]3CC2)ccn1. The summed E-state index contributed by atoms with van der Waals surface area (Å²) in [6.45, 7) is 7.82. The first-order valence-electron chi connectivity index (χ1n) is 9.49. The number of rotatable bonds is 2. The summed E-state index contributed by atoms with van der Waals surface area (Å²) < 4.78 is 1.71. The van der Waals surface area contributed by atoms with Gasteiger partial charge in [0, 0.05) is 50.8 Å². The molecule has 0 bridgehead atoms. The van der Waals surface area contributed by atoms with Gasteiger partial charge in [-0.15, -0.1) is 0 Å². The molecule has 2 aliphatic rings. The van der Waals surface area contributed by atoms with E-state index in [0.29, 0.717) is 17.5 Å². The van der Waals surface area contributed by atoms with Crippen LogP contribution < -0.4 is 4.90 Å². The van der Waals surface area contributed by atoms with Crippen LogP contribution in [0.3, 0.4) is 0 Å². The van der Waals surface area contributed by atoms with Crippen LogP contribution in [0, 0.1) is 25.7 Å². The summed E-state index contributed by atoms with van der Waals surface area (Å²) in [5, 5.41) is 4.32. The number of anilines is 1. The van der Waals surface area contributed by atoms with Gasteiger partial charge in [0.2, 0.25) is 0 Å². The first-order valence-corrected chi connectivity index (χ1v) is 9.49. The standard InChI is InChI=1S/C20H27N5O/c1-14-10-18(4-7-21-14)24-8-5-16-12-25(13-17(16)6-9-24)20(26)19-11-15(2)22-23(19)3/h4,7,10-11,16-17H,5-6,8-9,12-13H2,1-3H3/t16-,17+. The quantitative estimate of drug-likeness (QED) is 0.832. The lowest BCUT2D eigenvalue weighted by Crippen LogP contribution is -2.32. The number of nitrogens with zero attached hydrogens (tertiary/aromatic N) is 5. The molecule has 0 N–H and O–H groups in total. The Kier molecular flexibility index (Phi) is 4.42. The van der Waals surface area contributed by atoms with E-state index < -0.39 is 0 Å². The fourth-order valence-electron chi connectivity index (χ4n) is 4.47. The predicted molar refractivity (Wildman–Crippen MR) is 101 cm³/mol. The van der Waals surface area contributed by atoms with Gasteiger partial charge in [-0.1, -0.05) is 0 Å². The number of fused-ring (bicyclic) bond motifs is 1. The number of pyridine rings is 1. The number of aryl methyl sites for hydroxylation is 3. The zero-order valence-electron chi connectivity index (χ0n) is 15.9. The smallest absolute Gasteiger partial charge is 0.272 e. The molecular weight excluding hydrogens is 326 g/mol. The summed E-state index contributed by atoms with van der Waals surface area (Å²) >= 11 is 0. The molecule has 138 valence electrons. The second kappa shape index (κ2) is 6.74. The number of hydrogen-bond acceptors (Lipinski definition) is 4. The van der Waals surface area contributed by atoms with Gasteiger partial charge in [-0.2, -0.15) is 5.10 Å². The van der Waals surface area contributed by atoms with Crippen molar-refractivity contribution < 1.29 is 4.79 Å². The van der Waals surface area contributed by atoms with Gasteiger partial charge >= 0.3 is 0 Å². The second-order valence-electron chi connectivity index (χ2n) is 7.74. The number of carbonyl (C=O) groups is 1. The topological polar surface area (TPSA) is 54.3 Å². The van der Waals surface area contributed by atoms with Crippen molar-refractivity contribution in [2.45, 2.75) is 26.7 Å². The van der Waals surface area contributed by atoms with E-state index in [2.05, 4.69) is 27.1 Å². The van der Waals surface area contributed by atoms with Crippen LogP contribution in [-0.4, -0.2) is 51.8 Å². The minimum atomic E-state index is 0.128. The Morgan fingerprint density at radius 2 is 1.77 bits per heavy atom. The van der Waals surface area contributed by atoms with Gasteiger partial charge in [0.05, 0.1) is 5.69 Å². The normalized spacial score (nSPS) is 23.0. The molecule has 0 radical (unpaired) electrons. The van der Waals surface area contributed by atoms with Crippen LogP contribution >= 0.6 is 0 Å². The van der Waals surface area contributed by atoms with Gasteiger partial charge in [-0.3, -0.25) is 14.5 Å². The molecular formula is C20H27N5O. The van der Waals surface area contributed by atoms with Crippen molar-refractivity contribution in [3.8, 4) is 0 Å². The molecule has 2 fully saturated rings. The number of likely N-dealkylation sites (tertiary alicyclic amines) is 1. The van der Waals surface area contributed by atoms with E-state index in [1.807, 2.05) is 38.1 Å². The minimum absolute atomic E-state index is 0.128. The minimum Gasteiger partial charge on any atom is -0.371 e. The van der Waals surface area contributed by atoms with E-state index in [9.17, 15) is 4.79 Å². The Hall–Kier alpha value is -2.37. The van der Waals surface area contributed by atoms with Crippen molar-refractivity contribution in [3.05, 3.63) is 41.5 Å². The summed E-state index contributed by atoms with van der Waals surface area (Å²) in [5.41, 5.74) is 3.94. The predicted octanol–water partition coefficient (Wildman–Crippen LogP) is 2.42. The molecule has 6 heteroatoms. The molecule has 2 aromatic rings. The third-order valence-corrected chi connectivity index (χ3v) is 5.87. The van der Waals surface area contributed by atoms with Gasteiger partial charge < -0.3 is 9.80 Å². The van der Waals surface area contributed by atoms with E-state index >= 15 is 0 Å². The lowest BCUT2D eigenvalue weighted by molar-refractivity contribution is 0.0772. The molecule has 26 heavy (non-hydrogen) atoms. The Morgan fingerprint density at radius 1 is 1.08 bits per heavy atom. The molecule has 2 atom stereocenters. The average molecular weight is 353 g/mol. The Balaban J connectivity index is 1.42. The Labute approximate surface area is 154 Å². The highest BCUT2D eigenvalue weighted by Crippen LogP contribution is 2.34. The molecule has 2 aliphatic heterocycles. The molecule has 0 aromatic carbocycles. The van der Waals surface area contributed by atoms with Crippen molar-refractivity contribution in [3.63, 3.8) is 0 Å². The average Bonchev–Trinajstić information content (AvgIpc) is 3.11. The van der Waals surface area contributed by atoms with Gasteiger partial charge in [0.1, 0.15) is 5.69 Å². The maximum absolute atomic E-state index is 12.9. The number of hydrogen-bond donors (Lipinski definition) is 0. The zero-order valence-corrected chi connectivity index (χ0v) is 15.9. The highest BCUT2D eigenvalue weighted by Gasteiger charge is 2.37. The van der Waals surface area contributed by atoms with E-state index in [4.69, 9.17) is 0 Å².